The lowest BCUT2D eigenvalue weighted by Gasteiger charge is -2.46. The van der Waals surface area contributed by atoms with Gasteiger partial charge in [0, 0.05) is 189 Å². The number of fused-ring (bicyclic) bond motifs is 4. The molecule has 0 radical (unpaired) electrons. The summed E-state index contributed by atoms with van der Waals surface area (Å²) in [6.45, 7) is 15.6. The molecule has 0 N–H and O–H groups in total. The molecule has 0 aliphatic heterocycles. The van der Waals surface area contributed by atoms with E-state index in [4.69, 9.17) is 188 Å². The van der Waals surface area contributed by atoms with E-state index in [1.165, 1.54) is 6.33 Å². The van der Waals surface area contributed by atoms with E-state index in [1.807, 2.05) is 51.1 Å². The number of aromatic nitrogens is 4. The van der Waals surface area contributed by atoms with Gasteiger partial charge in [-0.05, 0) is 44.1 Å². The minimum absolute atomic E-state index is 0.0667. The van der Waals surface area contributed by atoms with E-state index in [1.54, 1.807) is 0 Å². The van der Waals surface area contributed by atoms with E-state index in [0.717, 1.165) is 54.3 Å². The topological polar surface area (TPSA) is 82.2 Å². The van der Waals surface area contributed by atoms with Gasteiger partial charge in [0.15, 0.2) is 11.6 Å². The summed E-state index contributed by atoms with van der Waals surface area (Å²) in [4.78, 5) is 35.3. The molecular weight excluding hydrogens is 450 g/mol. The molecule has 1 fully saturated rings. The number of benzene rings is 1. The number of rotatable bonds is 3. The minimum Gasteiger partial charge on any atom is -0.474 e. The van der Waals surface area contributed by atoms with Gasteiger partial charge in [-0.25, -0.2) is 19.8 Å². The average Bonchev–Trinajstić information content (AvgIpc) is 0.721. The van der Waals surface area contributed by atoms with Gasteiger partial charge in [0.05, 0.1) is 17.8 Å². The molecule has 3 aliphatic rings. The number of ether oxygens (including phenoxy) is 1. The first-order valence-corrected chi connectivity index (χ1v) is 12.9. The molecule has 0 amide bonds. The number of hydrogen-bond acceptors (Lipinski definition) is 6. The Morgan fingerprint density at radius 2 is 1.94 bits per heavy atom. The number of allylic oxidation sites excluding steroid dienone is 2. The lowest BCUT2D eigenvalue weighted by molar-refractivity contribution is -0.121. The molecule has 0 saturated heterocycles. The molecule has 3 atom stereocenters. The fraction of sp³-hybridized carbons (Fsp3) is 0.448. The Hall–Kier alpha value is -3.66. The normalized spacial score (nSPS) is 37.3. The molecule has 6 rings (SSSR count). The maximum absolute atomic E-state index is 12.8. The van der Waals surface area contributed by atoms with Gasteiger partial charge in [-0.15, -0.1) is 0 Å². The summed E-state index contributed by atoms with van der Waals surface area (Å²) in [5.74, 6) is 0.884. The molecule has 1 aromatic carbocycles. The molecule has 2 aromatic heterocycles. The summed E-state index contributed by atoms with van der Waals surface area (Å²) in [6, 6.07) is 7.82. The Bertz CT molecular complexity index is 1520. The average molecular weight is 819 g/mol. The van der Waals surface area contributed by atoms with Crippen LogP contribution in [0.1, 0.15) is 231 Å². The monoisotopic (exact) mass is 819 g/mol. The second kappa shape index (κ2) is 9.42. The van der Waals surface area contributed by atoms with Crippen molar-refractivity contribution in [1.29, 1.82) is 0 Å². The second-order valence-electron chi connectivity index (χ2n) is 9.81. The van der Waals surface area contributed by atoms with Crippen molar-refractivity contribution in [2.75, 3.05) is 0 Å². The first-order chi connectivity index (χ1) is 73.5. The summed E-state index contributed by atoms with van der Waals surface area (Å²) in [6.07, 6.45) is 8.34. The molecule has 3 aromatic rings. The highest BCUT2D eigenvalue weighted by molar-refractivity contribution is 6.00. The van der Waals surface area contributed by atoms with Crippen LogP contribution in [-0.4, -0.2) is 31.8 Å². The van der Waals surface area contributed by atoms with E-state index in [0.29, 0.717) is 17.4 Å². The van der Waals surface area contributed by atoms with Gasteiger partial charge in [0.1, 0.15) is 18.1 Å². The first-order valence-electron chi connectivity index (χ1n) is 68.9. The van der Waals surface area contributed by atoms with Crippen molar-refractivity contribution in [1.82, 2.24) is 19.9 Å². The lowest BCUT2D eigenvalue weighted by Crippen LogP contribution is -2.46. The number of Topliss-reactive ketones (excluding diaryl/α,β-unsaturated/α-hetero) is 1. The van der Waals surface area contributed by atoms with Crippen LogP contribution in [0.4, 0.5) is 0 Å². The van der Waals surface area contributed by atoms with Crippen LogP contribution in [0.5, 0.6) is 5.88 Å². The van der Waals surface area contributed by atoms with Crippen LogP contribution in [0.15, 0.2) is 42.4 Å². The van der Waals surface area contributed by atoms with E-state index < -0.39 is 5.41 Å². The van der Waals surface area contributed by atoms with Crippen LogP contribution < -0.4 is 4.74 Å². The number of para-hydroxylation sites is 1. The molecule has 2 heterocycles. The largest absolute Gasteiger partial charge is 0.474 e. The van der Waals surface area contributed by atoms with Crippen molar-refractivity contribution in [2.24, 2.45) is 11.8 Å². The van der Waals surface area contributed by atoms with Crippen LogP contribution in [0, 0.1) is 18.4 Å². The molecule has 3 aliphatic carbocycles. The summed E-state index contributed by atoms with van der Waals surface area (Å²) >= 11 is 0. The summed E-state index contributed by atoms with van der Waals surface area (Å²) in [5.41, 5.74) is 2.98. The zero-order valence-corrected chi connectivity index (χ0v) is 21.3. The highest BCUT2D eigenvalue weighted by Gasteiger charge is 2.50. The van der Waals surface area contributed by atoms with Gasteiger partial charge in [-0.1, -0.05) is 52.0 Å². The Morgan fingerprint density at radius 3 is 2.67 bits per heavy atom. The second-order valence-corrected chi connectivity index (χ2v) is 9.81. The van der Waals surface area contributed by atoms with Crippen LogP contribution in [-0.2, 0) is 16.6 Å². The van der Waals surface area contributed by atoms with Crippen LogP contribution in [0.2, 0.25) is 0 Å². The predicted octanol–water partition coefficient (Wildman–Crippen LogP) is 19.7. The van der Waals surface area contributed by atoms with E-state index in [9.17, 15) is 4.79 Å². The summed E-state index contributed by atoms with van der Waals surface area (Å²) < 4.78 is 566. The van der Waals surface area contributed by atoms with Crippen molar-refractivity contribution in [2.45, 2.75) is 71.3 Å². The standard InChI is InChI=1S/C27H25N5O2.C2H6.56H2/c1-15-19-12-11-18-24(27(19,2)13-21(28-3)23(15)33)31-25(32-26(18)34-16-7-6-8-16)22-17-9-4-5-10-20(17)29-14-30-22;1-2;;;;;;;;;;;;;;;;;;;;;;;;;;;;;;;;;;;;;;;;;;;;;;;;;;;;;;;;/h4-5,9-10,13-16,19H,6-8,11-12H2,1-2H3;1-2H3;56*1H/t15-,19-,27-;;;;;;;;;;;;;;;;;;;;;;;;;;;;;;;;;;;;;;;;;;;;;;;;;;;;;;;;;/m1........................................................./s1/i;;56*1+2T. The highest BCUT2D eigenvalue weighted by atomic mass is 16.5. The molecule has 36 heavy (non-hydrogen) atoms. The fourth-order valence-electron chi connectivity index (χ4n) is 5.75. The Kier molecular flexibility index (Phi) is 0.975. The number of carbonyl (C=O) groups excluding carboxylic acids is 1. The summed E-state index contributed by atoms with van der Waals surface area (Å²) in [5, 5.41) is 0.877. The third-order valence-corrected chi connectivity index (χ3v) is 7.87. The molecule has 1 saturated carbocycles. The highest BCUT2D eigenvalue weighted by Crippen LogP contribution is 2.51. The quantitative estimate of drug-likeness (QED) is 0.245. The third-order valence-electron chi connectivity index (χ3n) is 7.87. The Labute approximate surface area is 384 Å². The molecule has 7 heteroatoms. The smallest absolute Gasteiger partial charge is 0.226 e. The molecular formula is C29H143N5O2. The van der Waals surface area contributed by atoms with Crippen molar-refractivity contribution in [3.05, 3.63) is 65.0 Å². The fourth-order valence-corrected chi connectivity index (χ4v) is 5.75. The summed E-state index contributed by atoms with van der Waals surface area (Å²) in [7, 11) is 0. The zero-order chi connectivity index (χ0) is 137. The van der Waals surface area contributed by atoms with Gasteiger partial charge in [0.2, 0.25) is 11.6 Å². The zero-order valence-electron chi connectivity index (χ0n) is 133. The van der Waals surface area contributed by atoms with Gasteiger partial charge >= 0.3 is 0 Å². The van der Waals surface area contributed by atoms with Crippen molar-refractivity contribution in [3.8, 4) is 17.4 Å². The van der Waals surface area contributed by atoms with Crippen molar-refractivity contribution in [3.63, 3.8) is 0 Å². The van der Waals surface area contributed by atoms with E-state index >= 15 is 0 Å². The molecule has 7 nitrogen and oxygen atoms in total. The third kappa shape index (κ3) is 3.76. The Morgan fingerprint density at radius 1 is 1.17 bits per heavy atom. The van der Waals surface area contributed by atoms with Gasteiger partial charge in [0.25, 0.3) is 0 Å². The number of carbonyl (C=O) groups is 1. The minimum atomic E-state index is -0.557. The predicted molar refractivity (Wildman–Crippen MR) is 257 cm³/mol. The first kappa shape index (κ1) is 3.73. The van der Waals surface area contributed by atoms with E-state index in [-0.39, 0.29) is 29.4 Å². The van der Waals surface area contributed by atoms with Crippen LogP contribution >= 0.6 is 0 Å². The SMILES string of the molecule is CC.[3H][3H].[3H][3H].[3H][3H].[3H][3H].[3H][3H].[3H][3H].[3H][3H].[3H][3H].[3H][3H].[3H][3H].[3H][3H].[3H][3H].[3H][3H].[3H][3H].[3H][3H].[3H][3H].[3H][3H].[3H][3H].[3H][3H].[3H][3H].[3H][3H].[3H][3H].[3H][3H].[3H][3H].[3H][3H].[3H][3H].[3H][3H].[3H][3H].[3H][3H].[3H][3H].[3H][3H].[3H][3H].[3H][3H].[3H][3H].[3H][3H].[3H][3H].[3H][3H].[3H][3H].[3H][3H].[3H][3H].[3H][3H].[3H][3H].[3H][3H].[3H][3H].[3H][3H].[3H][3H].[3H][3H].[3H][3H].[3H][3H].[3H][3H].[3H][3H].[3H][3H].[3H][3H].[3H][3H].[3H][3H].[3H][3H].[C-]#[N+]C1=C[C@@]2(C)c3nc(-c4ncnc5ccccc45)nc(OC4CCC4)c3CC[C@@H]2[C@@H](C)C1=O. The van der Waals surface area contributed by atoms with Crippen molar-refractivity contribution >= 4 is 16.7 Å². The van der Waals surface area contributed by atoms with Crippen LogP contribution in [0.25, 0.3) is 27.3 Å². The number of ketones is 1. The van der Waals surface area contributed by atoms with Gasteiger partial charge in [-0.3, -0.25) is 0 Å². The number of hydrogen-bond donors (Lipinski definition) is 0. The molecule has 296 valence electrons. The lowest BCUT2D eigenvalue weighted by atomic mass is 9.58. The Balaban J connectivity index is -0.0000000141. The maximum Gasteiger partial charge on any atom is 0.226 e. The molecule has 0 unspecified atom stereocenters. The van der Waals surface area contributed by atoms with Crippen molar-refractivity contribution < 1.29 is 176 Å². The van der Waals surface area contributed by atoms with E-state index in [2.05, 4.69) is 21.7 Å². The van der Waals surface area contributed by atoms with Gasteiger partial charge < -0.3 is 9.53 Å². The number of nitrogens with zero attached hydrogens (tertiary/aromatic N) is 5. The van der Waals surface area contributed by atoms with Crippen LogP contribution in [0.3, 0.4) is 0 Å². The maximum atomic E-state index is 12.8. The molecule has 0 bridgehead atoms. The van der Waals surface area contributed by atoms with Gasteiger partial charge in [-0.2, -0.15) is 4.98 Å². The molecule has 0 spiro atoms.